The minimum atomic E-state index is -1.74. The van der Waals surface area contributed by atoms with Gasteiger partial charge in [0.25, 0.3) is 5.91 Å². The first-order chi connectivity index (χ1) is 12.4. The summed E-state index contributed by atoms with van der Waals surface area (Å²) in [6.45, 7) is 4.48. The molecule has 2 aromatic heterocycles. The number of nitrogens with zero attached hydrogens (tertiary/aromatic N) is 3. The van der Waals surface area contributed by atoms with Gasteiger partial charge in [0.05, 0.1) is 17.6 Å². The Morgan fingerprint density at radius 1 is 1.38 bits per heavy atom. The molecule has 2 saturated heterocycles. The first-order valence-corrected chi connectivity index (χ1v) is 9.06. The molecule has 1 N–H and O–H groups in total. The fourth-order valence-electron chi connectivity index (χ4n) is 4.08. The fourth-order valence-corrected chi connectivity index (χ4v) is 4.08. The summed E-state index contributed by atoms with van der Waals surface area (Å²) in [6, 6.07) is 0. The first kappa shape index (κ1) is 16.0. The van der Waals surface area contributed by atoms with Crippen molar-refractivity contribution in [3.63, 3.8) is 0 Å². The van der Waals surface area contributed by atoms with Crippen LogP contribution in [0.2, 0.25) is 0 Å². The number of likely N-dealkylation sites (tertiary alicyclic amines) is 1. The Hall–Kier alpha value is -2.22. The van der Waals surface area contributed by atoms with Crippen LogP contribution in [0.15, 0.2) is 10.7 Å². The normalized spacial score (nSPS) is 29.2. The molecule has 8 heteroatoms. The third-order valence-corrected chi connectivity index (χ3v) is 5.87. The fraction of sp³-hybridized carbons (Fsp3) is 0.611. The molecule has 26 heavy (non-hydrogen) atoms. The van der Waals surface area contributed by atoms with Gasteiger partial charge in [-0.1, -0.05) is 0 Å². The minimum absolute atomic E-state index is 0.0217. The van der Waals surface area contributed by atoms with E-state index in [2.05, 4.69) is 22.2 Å². The van der Waals surface area contributed by atoms with Gasteiger partial charge in [-0.05, 0) is 33.1 Å². The molecule has 0 aromatic carbocycles. The molecule has 7 nitrogen and oxygen atoms in total. The number of hydrogen-bond acceptors (Lipinski definition) is 6. The van der Waals surface area contributed by atoms with Gasteiger partial charge >= 0.3 is 0 Å². The van der Waals surface area contributed by atoms with Crippen LogP contribution in [0.1, 0.15) is 48.7 Å². The number of amides is 1. The summed E-state index contributed by atoms with van der Waals surface area (Å²) in [4.78, 5) is 23.1. The Balaban J connectivity index is 1.60. The van der Waals surface area contributed by atoms with Crippen LogP contribution in [0.4, 0.5) is 10.2 Å². The number of alkyl halides is 1. The van der Waals surface area contributed by atoms with Gasteiger partial charge < -0.3 is 19.4 Å². The number of ether oxygens (including phenoxy) is 1. The van der Waals surface area contributed by atoms with Gasteiger partial charge in [0.1, 0.15) is 24.0 Å². The number of carbonyl (C=O) groups is 1. The van der Waals surface area contributed by atoms with Crippen LogP contribution in [0.5, 0.6) is 0 Å². The van der Waals surface area contributed by atoms with Gasteiger partial charge in [0, 0.05) is 18.5 Å². The van der Waals surface area contributed by atoms with E-state index in [1.54, 1.807) is 6.92 Å². The molecule has 0 unspecified atom stereocenters. The summed E-state index contributed by atoms with van der Waals surface area (Å²) < 4.78 is 26.6. The summed E-state index contributed by atoms with van der Waals surface area (Å²) in [5.74, 6) is -1.11. The second-order valence-corrected chi connectivity index (χ2v) is 7.79. The van der Waals surface area contributed by atoms with Crippen LogP contribution in [-0.4, -0.2) is 51.4 Å². The summed E-state index contributed by atoms with van der Waals surface area (Å²) >= 11 is 0. The number of halogens is 1. The highest BCUT2D eigenvalue weighted by Gasteiger charge is 2.56. The van der Waals surface area contributed by atoms with Crippen molar-refractivity contribution in [3.8, 4) is 0 Å². The number of hydrogen-bond donors (Lipinski definition) is 1. The van der Waals surface area contributed by atoms with Crippen LogP contribution in [0.3, 0.4) is 0 Å². The Bertz CT molecular complexity index is 909. The van der Waals surface area contributed by atoms with Gasteiger partial charge in [-0.3, -0.25) is 4.79 Å². The molecule has 2 atom stereocenters. The highest BCUT2D eigenvalue weighted by molar-refractivity contribution is 6.10. The van der Waals surface area contributed by atoms with E-state index in [0.29, 0.717) is 47.8 Å². The Kier molecular flexibility index (Phi) is 3.17. The van der Waals surface area contributed by atoms with Gasteiger partial charge in [-0.15, -0.1) is 0 Å². The second-order valence-electron chi connectivity index (χ2n) is 7.79. The molecule has 5 rings (SSSR count). The molecule has 0 radical (unpaired) electrons. The Morgan fingerprint density at radius 3 is 2.96 bits per heavy atom. The second kappa shape index (κ2) is 5.16. The van der Waals surface area contributed by atoms with Crippen molar-refractivity contribution in [3.05, 3.63) is 17.7 Å². The molecule has 3 aliphatic rings. The smallest absolute Gasteiger partial charge is 0.260 e. The highest BCUT2D eigenvalue weighted by atomic mass is 19.1. The van der Waals surface area contributed by atoms with Gasteiger partial charge in [0.15, 0.2) is 0 Å². The maximum atomic E-state index is 15.4. The van der Waals surface area contributed by atoms with Crippen LogP contribution >= 0.6 is 0 Å². The molecule has 3 fully saturated rings. The number of aromatic nitrogens is 2. The van der Waals surface area contributed by atoms with Crippen molar-refractivity contribution in [2.24, 2.45) is 0 Å². The Labute approximate surface area is 149 Å². The van der Waals surface area contributed by atoms with E-state index >= 15 is 4.39 Å². The van der Waals surface area contributed by atoms with E-state index in [1.165, 1.54) is 11.2 Å². The number of nitrogens with one attached hydrogen (secondary N) is 1. The number of aryl methyl sites for hydroxylation is 1. The molecule has 1 aliphatic carbocycles. The summed E-state index contributed by atoms with van der Waals surface area (Å²) in [6.07, 6.45) is 3.67. The van der Waals surface area contributed by atoms with Crippen molar-refractivity contribution in [2.75, 3.05) is 18.5 Å². The van der Waals surface area contributed by atoms with Gasteiger partial charge in [-0.2, -0.15) is 0 Å². The number of furan rings is 1. The summed E-state index contributed by atoms with van der Waals surface area (Å²) in [5, 5.41) is 3.93. The predicted molar refractivity (Wildman–Crippen MR) is 91.7 cm³/mol. The van der Waals surface area contributed by atoms with Crippen LogP contribution < -0.4 is 5.32 Å². The molecule has 1 saturated carbocycles. The van der Waals surface area contributed by atoms with Gasteiger partial charge in [-0.25, -0.2) is 14.4 Å². The lowest BCUT2D eigenvalue weighted by molar-refractivity contribution is -0.0252. The van der Waals surface area contributed by atoms with E-state index in [9.17, 15) is 4.79 Å². The maximum absolute atomic E-state index is 15.4. The number of anilines is 1. The SMILES string of the molecule is Cc1oc2ncnc(NC3(C)CC3)c2c1C(=O)N1CC[C@@H]2OCC[C@@]21F. The first-order valence-electron chi connectivity index (χ1n) is 9.06. The molecular formula is C18H21FN4O3. The summed E-state index contributed by atoms with van der Waals surface area (Å²) in [7, 11) is 0. The largest absolute Gasteiger partial charge is 0.442 e. The highest BCUT2D eigenvalue weighted by Crippen LogP contribution is 2.44. The van der Waals surface area contributed by atoms with E-state index in [4.69, 9.17) is 9.15 Å². The quantitative estimate of drug-likeness (QED) is 0.848. The zero-order valence-corrected chi connectivity index (χ0v) is 14.8. The van der Waals surface area contributed by atoms with Gasteiger partial charge in [0.2, 0.25) is 11.5 Å². The molecule has 1 amide bonds. The van der Waals surface area contributed by atoms with Crippen LogP contribution in [-0.2, 0) is 4.74 Å². The van der Waals surface area contributed by atoms with E-state index in [1.807, 2.05) is 0 Å². The number of fused-ring (bicyclic) bond motifs is 2. The Morgan fingerprint density at radius 2 is 2.19 bits per heavy atom. The molecule has 2 aromatic rings. The van der Waals surface area contributed by atoms with Crippen molar-refractivity contribution in [1.82, 2.24) is 14.9 Å². The summed E-state index contributed by atoms with van der Waals surface area (Å²) in [5.41, 5.74) is 0.669. The number of rotatable bonds is 3. The maximum Gasteiger partial charge on any atom is 0.260 e. The monoisotopic (exact) mass is 360 g/mol. The topological polar surface area (TPSA) is 80.5 Å². The zero-order chi connectivity index (χ0) is 18.1. The molecule has 0 bridgehead atoms. The van der Waals surface area contributed by atoms with Crippen LogP contribution in [0, 0.1) is 6.92 Å². The molecular weight excluding hydrogens is 339 g/mol. The minimum Gasteiger partial charge on any atom is -0.442 e. The third kappa shape index (κ3) is 2.17. The molecule has 0 spiro atoms. The van der Waals surface area contributed by atoms with Crippen molar-refractivity contribution < 1.29 is 18.3 Å². The molecule has 4 heterocycles. The van der Waals surface area contributed by atoms with Crippen molar-refractivity contribution in [2.45, 2.75) is 57.0 Å². The van der Waals surface area contributed by atoms with Crippen molar-refractivity contribution >= 4 is 22.8 Å². The van der Waals surface area contributed by atoms with E-state index in [-0.39, 0.29) is 17.9 Å². The molecule has 138 valence electrons. The molecule has 2 aliphatic heterocycles. The lowest BCUT2D eigenvalue weighted by Crippen LogP contribution is -2.47. The number of carbonyl (C=O) groups excluding carboxylic acids is 1. The average molecular weight is 360 g/mol. The van der Waals surface area contributed by atoms with Crippen molar-refractivity contribution in [1.29, 1.82) is 0 Å². The average Bonchev–Trinajstić information content (AvgIpc) is 2.91. The third-order valence-electron chi connectivity index (χ3n) is 5.87. The lowest BCUT2D eigenvalue weighted by atomic mass is 10.1. The predicted octanol–water partition coefficient (Wildman–Crippen LogP) is 2.80. The van der Waals surface area contributed by atoms with Crippen LogP contribution in [0.25, 0.3) is 11.1 Å². The van der Waals surface area contributed by atoms with E-state index in [0.717, 1.165) is 12.8 Å². The van der Waals surface area contributed by atoms with E-state index < -0.39 is 11.9 Å². The zero-order valence-electron chi connectivity index (χ0n) is 14.8. The lowest BCUT2D eigenvalue weighted by Gasteiger charge is -2.29. The standard InChI is InChI=1S/C18H21FN4O3/c1-10-12(16(24)23-7-3-11-18(23,19)6-8-25-11)13-14(22-17(2)4-5-17)20-9-21-15(13)26-10/h9,11H,3-8H2,1-2H3,(H,20,21,22)/t11-,18-/m0/s1.